The molecule has 126 valence electrons. The summed E-state index contributed by atoms with van der Waals surface area (Å²) >= 11 is 7.52. The smallest absolute Gasteiger partial charge is 0.329 e. The molecule has 0 atom stereocenters. The number of carbonyl (C=O) groups is 2. The average molecular weight is 358 g/mol. The van der Waals surface area contributed by atoms with E-state index in [2.05, 4.69) is 25.7 Å². The van der Waals surface area contributed by atoms with Gasteiger partial charge in [0.1, 0.15) is 0 Å². The van der Waals surface area contributed by atoms with Crippen molar-refractivity contribution in [3.05, 3.63) is 10.0 Å². The van der Waals surface area contributed by atoms with Crippen LogP contribution in [-0.2, 0) is 9.59 Å². The Morgan fingerprint density at radius 2 is 2.00 bits per heavy atom. The van der Waals surface area contributed by atoms with E-state index in [0.717, 1.165) is 31.1 Å². The second-order valence-corrected chi connectivity index (χ2v) is 6.89. The van der Waals surface area contributed by atoms with Crippen LogP contribution in [0.1, 0.15) is 38.0 Å². The van der Waals surface area contributed by atoms with Crippen LogP contribution in [0.5, 0.6) is 0 Å². The van der Waals surface area contributed by atoms with Crippen molar-refractivity contribution in [2.75, 3.05) is 18.0 Å². The number of nitrogens with zero attached hydrogens (tertiary/aromatic N) is 3. The first-order valence-corrected chi connectivity index (χ1v) is 8.72. The van der Waals surface area contributed by atoms with Crippen molar-refractivity contribution >= 4 is 46.1 Å². The number of hydrogen-bond acceptors (Lipinski definition) is 6. The third-order valence-corrected chi connectivity index (χ3v) is 4.65. The van der Waals surface area contributed by atoms with Crippen LogP contribution in [0.15, 0.2) is 5.10 Å². The lowest BCUT2D eigenvalue weighted by Crippen LogP contribution is -2.41. The molecule has 2 amide bonds. The molecule has 0 spiro atoms. The summed E-state index contributed by atoms with van der Waals surface area (Å²) in [5.41, 5.74) is 2.18. The number of thiazole rings is 1. The monoisotopic (exact) mass is 357 g/mol. The molecule has 0 aromatic carbocycles. The zero-order valence-electron chi connectivity index (χ0n) is 13.1. The predicted octanol–water partition coefficient (Wildman–Crippen LogP) is 1.76. The molecule has 2 heterocycles. The molecule has 7 nitrogen and oxygen atoms in total. The van der Waals surface area contributed by atoms with Crippen LogP contribution in [0.3, 0.4) is 0 Å². The van der Waals surface area contributed by atoms with Gasteiger partial charge in [-0.25, -0.2) is 10.4 Å². The fraction of sp³-hybridized carbons (Fsp3) is 0.571. The summed E-state index contributed by atoms with van der Waals surface area (Å²) in [6.45, 7) is 5.50. The van der Waals surface area contributed by atoms with Crippen molar-refractivity contribution in [1.29, 1.82) is 0 Å². The maximum Gasteiger partial charge on any atom is 0.329 e. The number of hydrogen-bond donors (Lipinski definition) is 2. The second-order valence-electron chi connectivity index (χ2n) is 5.53. The summed E-state index contributed by atoms with van der Waals surface area (Å²) in [7, 11) is 0. The minimum atomic E-state index is -0.813. The van der Waals surface area contributed by atoms with Gasteiger partial charge in [0, 0.05) is 19.1 Å². The molecule has 1 aliphatic heterocycles. The summed E-state index contributed by atoms with van der Waals surface area (Å²) in [6, 6.07) is -0.111. The Bertz CT molecular complexity index is 596. The van der Waals surface area contributed by atoms with Crippen LogP contribution < -0.4 is 15.6 Å². The highest BCUT2D eigenvalue weighted by Gasteiger charge is 2.17. The lowest BCUT2D eigenvalue weighted by molar-refractivity contribution is -0.139. The predicted molar refractivity (Wildman–Crippen MR) is 92.2 cm³/mol. The molecule has 1 saturated heterocycles. The summed E-state index contributed by atoms with van der Waals surface area (Å²) in [5, 5.41) is 7.46. The van der Waals surface area contributed by atoms with E-state index in [1.54, 1.807) is 13.8 Å². The van der Waals surface area contributed by atoms with E-state index >= 15 is 0 Å². The molecule has 0 unspecified atom stereocenters. The molecule has 0 saturated carbocycles. The Morgan fingerprint density at radius 3 is 2.65 bits per heavy atom. The van der Waals surface area contributed by atoms with Gasteiger partial charge in [0.2, 0.25) is 0 Å². The third-order valence-electron chi connectivity index (χ3n) is 3.20. The third kappa shape index (κ3) is 5.18. The van der Waals surface area contributed by atoms with Crippen molar-refractivity contribution in [1.82, 2.24) is 15.7 Å². The first-order chi connectivity index (χ1) is 11.0. The topological polar surface area (TPSA) is 86.7 Å². The number of halogens is 1. The highest BCUT2D eigenvalue weighted by Crippen LogP contribution is 2.30. The summed E-state index contributed by atoms with van der Waals surface area (Å²) < 4.78 is 0. The number of rotatable bonds is 4. The zero-order valence-corrected chi connectivity index (χ0v) is 14.7. The fourth-order valence-electron chi connectivity index (χ4n) is 2.13. The lowest BCUT2D eigenvalue weighted by atomic mass is 10.1. The fourth-order valence-corrected chi connectivity index (χ4v) is 3.31. The molecule has 23 heavy (non-hydrogen) atoms. The van der Waals surface area contributed by atoms with E-state index in [9.17, 15) is 9.59 Å². The Hall–Kier alpha value is -1.67. The van der Waals surface area contributed by atoms with Crippen molar-refractivity contribution in [3.63, 3.8) is 0 Å². The van der Waals surface area contributed by atoms with Gasteiger partial charge in [0.15, 0.2) is 10.3 Å². The number of nitrogens with one attached hydrogen (secondary N) is 2. The van der Waals surface area contributed by atoms with E-state index in [1.807, 2.05) is 0 Å². The Kier molecular flexibility index (Phi) is 6.35. The normalized spacial score (nSPS) is 15.2. The molecule has 1 aromatic heterocycles. The maximum atomic E-state index is 11.5. The van der Waals surface area contributed by atoms with Gasteiger partial charge < -0.3 is 10.2 Å². The number of anilines is 1. The largest absolute Gasteiger partial charge is 0.348 e. The number of carbonyl (C=O) groups excluding carboxylic acids is 2. The molecular formula is C14H20ClN5O2S. The van der Waals surface area contributed by atoms with Gasteiger partial charge in [-0.2, -0.15) is 5.10 Å². The van der Waals surface area contributed by atoms with E-state index in [0.29, 0.717) is 10.0 Å². The molecule has 2 N–H and O–H groups in total. The molecule has 0 radical (unpaired) electrons. The van der Waals surface area contributed by atoms with Crippen LogP contribution >= 0.6 is 22.9 Å². The molecule has 1 aliphatic rings. The summed E-state index contributed by atoms with van der Waals surface area (Å²) in [4.78, 5) is 30.1. The molecule has 0 aliphatic carbocycles. The summed E-state index contributed by atoms with van der Waals surface area (Å²) in [5.74, 6) is -1.53. The minimum Gasteiger partial charge on any atom is -0.348 e. The maximum absolute atomic E-state index is 11.5. The SMILES string of the molecule is CC(C)NC(=O)C(=O)N/N=C\c1sc(N2CCCCC2)nc1Cl. The number of piperidine rings is 1. The number of amides is 2. The number of aromatic nitrogens is 1. The van der Waals surface area contributed by atoms with Crippen LogP contribution in [0.4, 0.5) is 5.13 Å². The van der Waals surface area contributed by atoms with Crippen molar-refractivity contribution in [2.45, 2.75) is 39.2 Å². The molecular weight excluding hydrogens is 338 g/mol. The Balaban J connectivity index is 1.93. The van der Waals surface area contributed by atoms with Gasteiger partial charge in [-0.05, 0) is 33.1 Å². The zero-order chi connectivity index (χ0) is 16.8. The Labute approximate surface area is 144 Å². The van der Waals surface area contributed by atoms with E-state index < -0.39 is 11.8 Å². The molecule has 9 heteroatoms. The van der Waals surface area contributed by atoms with E-state index in [4.69, 9.17) is 11.6 Å². The number of hydrazone groups is 1. The molecule has 1 aromatic rings. The van der Waals surface area contributed by atoms with Gasteiger partial charge in [0.25, 0.3) is 0 Å². The molecule has 1 fully saturated rings. The first-order valence-electron chi connectivity index (χ1n) is 7.52. The van der Waals surface area contributed by atoms with Gasteiger partial charge in [-0.15, -0.1) is 0 Å². The van der Waals surface area contributed by atoms with Gasteiger partial charge >= 0.3 is 11.8 Å². The van der Waals surface area contributed by atoms with Crippen molar-refractivity contribution in [2.24, 2.45) is 5.10 Å². The standard InChI is InChI=1S/C14H20ClN5O2S/c1-9(2)17-12(21)13(22)19-16-8-10-11(15)18-14(23-10)20-6-4-3-5-7-20/h8-9H,3-7H2,1-2H3,(H,17,21)(H,19,22)/b16-8-. The first kappa shape index (κ1) is 17.7. The van der Waals surface area contributed by atoms with E-state index in [1.165, 1.54) is 24.0 Å². The van der Waals surface area contributed by atoms with E-state index in [-0.39, 0.29) is 6.04 Å². The van der Waals surface area contributed by atoms with Gasteiger partial charge in [0.05, 0.1) is 11.1 Å². The van der Waals surface area contributed by atoms with Gasteiger partial charge in [-0.1, -0.05) is 22.9 Å². The van der Waals surface area contributed by atoms with Crippen molar-refractivity contribution in [3.8, 4) is 0 Å². The Morgan fingerprint density at radius 1 is 1.30 bits per heavy atom. The van der Waals surface area contributed by atoms with Crippen LogP contribution in [0.25, 0.3) is 0 Å². The second kappa shape index (κ2) is 8.26. The highest BCUT2D eigenvalue weighted by atomic mass is 35.5. The highest BCUT2D eigenvalue weighted by molar-refractivity contribution is 7.17. The molecule has 0 bridgehead atoms. The van der Waals surface area contributed by atoms with Crippen LogP contribution in [-0.4, -0.2) is 42.1 Å². The summed E-state index contributed by atoms with van der Waals surface area (Å²) in [6.07, 6.45) is 4.96. The van der Waals surface area contributed by atoms with Crippen LogP contribution in [0.2, 0.25) is 5.15 Å². The molecule has 2 rings (SSSR count). The quantitative estimate of drug-likeness (QED) is 0.488. The van der Waals surface area contributed by atoms with Crippen molar-refractivity contribution < 1.29 is 9.59 Å². The van der Waals surface area contributed by atoms with Crippen LogP contribution in [0, 0.1) is 0 Å². The average Bonchev–Trinajstić information content (AvgIpc) is 2.88. The lowest BCUT2D eigenvalue weighted by Gasteiger charge is -2.25. The van der Waals surface area contributed by atoms with Gasteiger partial charge in [-0.3, -0.25) is 9.59 Å². The minimum absolute atomic E-state index is 0.111.